The van der Waals surface area contributed by atoms with Crippen molar-refractivity contribution in [2.24, 2.45) is 5.10 Å². The summed E-state index contributed by atoms with van der Waals surface area (Å²) in [5, 5.41) is 4.72. The Bertz CT molecular complexity index is 880. The van der Waals surface area contributed by atoms with Gasteiger partial charge in [-0.1, -0.05) is 25.4 Å². The topological polar surface area (TPSA) is 57.6 Å². The van der Waals surface area contributed by atoms with Gasteiger partial charge in [0.15, 0.2) is 0 Å². The molecule has 2 heterocycles. The summed E-state index contributed by atoms with van der Waals surface area (Å²) < 4.78 is 0. The summed E-state index contributed by atoms with van der Waals surface area (Å²) in [6.45, 7) is 10.0. The Kier molecular flexibility index (Phi) is 6.04. The zero-order chi connectivity index (χ0) is 20.3. The van der Waals surface area contributed by atoms with E-state index in [4.69, 9.17) is 11.6 Å². The molecule has 5 nitrogen and oxygen atoms in total. The number of nitrogens with zero attached hydrogens (tertiary/aromatic N) is 3. The Morgan fingerprint density at radius 3 is 2.79 bits per heavy atom. The van der Waals surface area contributed by atoms with Crippen molar-refractivity contribution >= 4 is 29.4 Å². The number of rotatable bonds is 5. The van der Waals surface area contributed by atoms with Crippen molar-refractivity contribution in [3.63, 3.8) is 0 Å². The lowest BCUT2D eigenvalue weighted by atomic mass is 9.79. The fourth-order valence-electron chi connectivity index (χ4n) is 4.00. The first-order chi connectivity index (χ1) is 13.3. The monoisotopic (exact) mass is 398 g/mol. The highest BCUT2D eigenvalue weighted by atomic mass is 35.5. The number of hydrazone groups is 1. The van der Waals surface area contributed by atoms with Crippen LogP contribution in [0.15, 0.2) is 41.8 Å². The molecule has 1 unspecified atom stereocenters. The summed E-state index contributed by atoms with van der Waals surface area (Å²) in [4.78, 5) is 18.5. The quantitative estimate of drug-likeness (QED) is 0.569. The molecule has 1 amide bonds. The average Bonchev–Trinajstić information content (AvgIpc) is 2.66. The molecule has 1 aromatic carbocycles. The molecule has 0 bridgehead atoms. The third-order valence-electron chi connectivity index (χ3n) is 5.26. The first kappa shape index (κ1) is 20.3. The number of carbonyl (C=O) groups excluding carboxylic acids is 1. The van der Waals surface area contributed by atoms with Gasteiger partial charge in [0.1, 0.15) is 0 Å². The lowest BCUT2D eigenvalue weighted by Gasteiger charge is -2.47. The van der Waals surface area contributed by atoms with Gasteiger partial charge in [-0.15, -0.1) is 0 Å². The number of fused-ring (bicyclic) bond motifs is 1. The third-order valence-corrected chi connectivity index (χ3v) is 5.59. The molecule has 3 rings (SSSR count). The first-order valence-corrected chi connectivity index (χ1v) is 10.1. The molecule has 148 valence electrons. The van der Waals surface area contributed by atoms with Gasteiger partial charge < -0.3 is 4.90 Å². The molecule has 0 radical (unpaired) electrons. The van der Waals surface area contributed by atoms with Crippen molar-refractivity contribution in [1.29, 1.82) is 0 Å². The Morgan fingerprint density at radius 2 is 2.11 bits per heavy atom. The SMILES string of the molecule is CCCN1c2cc(Cl)c(/C=N\NC(=O)c3ccncc3)cc2C(C)CC1(C)C. The zero-order valence-electron chi connectivity index (χ0n) is 16.9. The van der Waals surface area contributed by atoms with Crippen LogP contribution in [0, 0.1) is 0 Å². The van der Waals surface area contributed by atoms with E-state index in [1.807, 2.05) is 6.07 Å². The number of amides is 1. The molecule has 0 spiro atoms. The van der Waals surface area contributed by atoms with E-state index in [1.165, 1.54) is 11.3 Å². The number of pyridine rings is 1. The lowest BCUT2D eigenvalue weighted by molar-refractivity contribution is 0.0955. The van der Waals surface area contributed by atoms with Crippen molar-refractivity contribution in [1.82, 2.24) is 10.4 Å². The number of hydrogen-bond acceptors (Lipinski definition) is 4. The highest BCUT2D eigenvalue weighted by Crippen LogP contribution is 2.45. The summed E-state index contributed by atoms with van der Waals surface area (Å²) >= 11 is 6.56. The maximum Gasteiger partial charge on any atom is 0.271 e. The van der Waals surface area contributed by atoms with Gasteiger partial charge in [-0.3, -0.25) is 9.78 Å². The molecule has 0 saturated carbocycles. The minimum absolute atomic E-state index is 0.0971. The fraction of sp³-hybridized carbons (Fsp3) is 0.409. The number of halogens is 1. The molecule has 0 fully saturated rings. The highest BCUT2D eigenvalue weighted by Gasteiger charge is 2.36. The van der Waals surface area contributed by atoms with E-state index in [0.29, 0.717) is 16.5 Å². The fourth-order valence-corrected chi connectivity index (χ4v) is 4.20. The van der Waals surface area contributed by atoms with Crippen molar-refractivity contribution in [2.45, 2.75) is 52.0 Å². The van der Waals surface area contributed by atoms with Crippen LogP contribution < -0.4 is 10.3 Å². The van der Waals surface area contributed by atoms with Crippen LogP contribution in [0.3, 0.4) is 0 Å². The van der Waals surface area contributed by atoms with Gasteiger partial charge in [0.2, 0.25) is 0 Å². The number of hydrogen-bond donors (Lipinski definition) is 1. The van der Waals surface area contributed by atoms with E-state index >= 15 is 0 Å². The minimum atomic E-state index is -0.281. The normalized spacial score (nSPS) is 18.2. The number of benzene rings is 1. The third kappa shape index (κ3) is 4.20. The predicted octanol–water partition coefficient (Wildman–Crippen LogP) is 5.00. The van der Waals surface area contributed by atoms with Crippen molar-refractivity contribution < 1.29 is 4.79 Å². The summed E-state index contributed by atoms with van der Waals surface area (Å²) in [6.07, 6.45) is 6.92. The molecule has 1 N–H and O–H groups in total. The number of aromatic nitrogens is 1. The van der Waals surface area contributed by atoms with E-state index < -0.39 is 0 Å². The van der Waals surface area contributed by atoms with Gasteiger partial charge in [0.05, 0.1) is 11.2 Å². The van der Waals surface area contributed by atoms with E-state index in [1.54, 1.807) is 30.7 Å². The first-order valence-electron chi connectivity index (χ1n) is 9.68. The van der Waals surface area contributed by atoms with Gasteiger partial charge in [0.25, 0.3) is 5.91 Å². The van der Waals surface area contributed by atoms with Crippen molar-refractivity contribution in [3.8, 4) is 0 Å². The van der Waals surface area contributed by atoms with E-state index in [-0.39, 0.29) is 11.4 Å². The minimum Gasteiger partial charge on any atom is -0.366 e. The van der Waals surface area contributed by atoms with Crippen LogP contribution in [-0.2, 0) is 0 Å². The zero-order valence-corrected chi connectivity index (χ0v) is 17.6. The highest BCUT2D eigenvalue weighted by molar-refractivity contribution is 6.33. The number of anilines is 1. The second-order valence-electron chi connectivity index (χ2n) is 7.94. The van der Waals surface area contributed by atoms with E-state index in [9.17, 15) is 4.79 Å². The Morgan fingerprint density at radius 1 is 1.39 bits per heavy atom. The second-order valence-corrected chi connectivity index (χ2v) is 8.34. The van der Waals surface area contributed by atoms with Crippen LogP contribution in [0.1, 0.15) is 67.9 Å². The molecule has 1 aliphatic rings. The number of carbonyl (C=O) groups is 1. The molecule has 28 heavy (non-hydrogen) atoms. The maximum atomic E-state index is 12.1. The Labute approximate surface area is 171 Å². The largest absolute Gasteiger partial charge is 0.366 e. The Hall–Kier alpha value is -2.40. The summed E-state index contributed by atoms with van der Waals surface area (Å²) in [7, 11) is 0. The average molecular weight is 399 g/mol. The molecule has 2 aromatic rings. The Balaban J connectivity index is 1.84. The van der Waals surface area contributed by atoms with Crippen molar-refractivity contribution in [3.05, 3.63) is 58.4 Å². The standard InChI is InChI=1S/C22H27ClN4O/c1-5-10-27-20-12-19(23)17(11-18(20)15(2)13-22(27,3)4)14-25-26-21(28)16-6-8-24-9-7-16/h6-9,11-12,14-15H,5,10,13H2,1-4H3,(H,26,28)/b25-14-. The molecule has 1 aliphatic heterocycles. The molecule has 1 atom stereocenters. The predicted molar refractivity (Wildman–Crippen MR) is 115 cm³/mol. The van der Waals surface area contributed by atoms with Gasteiger partial charge in [-0.2, -0.15) is 5.10 Å². The second kappa shape index (κ2) is 8.31. The van der Waals surface area contributed by atoms with Gasteiger partial charge in [-0.05, 0) is 62.4 Å². The van der Waals surface area contributed by atoms with Gasteiger partial charge >= 0.3 is 0 Å². The smallest absolute Gasteiger partial charge is 0.271 e. The van der Waals surface area contributed by atoms with Crippen LogP contribution in [-0.4, -0.2) is 29.2 Å². The van der Waals surface area contributed by atoms with Crippen LogP contribution in [0.25, 0.3) is 0 Å². The molecule has 6 heteroatoms. The molecule has 0 saturated heterocycles. The molecular weight excluding hydrogens is 372 g/mol. The number of nitrogens with one attached hydrogen (secondary N) is 1. The van der Waals surface area contributed by atoms with Crippen LogP contribution in [0.5, 0.6) is 0 Å². The summed E-state index contributed by atoms with van der Waals surface area (Å²) in [5.74, 6) is 0.144. The molecule has 0 aliphatic carbocycles. The van der Waals surface area contributed by atoms with Crippen LogP contribution >= 0.6 is 11.6 Å². The van der Waals surface area contributed by atoms with Crippen molar-refractivity contribution in [2.75, 3.05) is 11.4 Å². The van der Waals surface area contributed by atoms with Gasteiger partial charge in [-0.25, -0.2) is 5.43 Å². The summed E-state index contributed by atoms with van der Waals surface area (Å²) in [5.41, 5.74) is 6.43. The van der Waals surface area contributed by atoms with E-state index in [0.717, 1.165) is 24.9 Å². The summed E-state index contributed by atoms with van der Waals surface area (Å²) in [6, 6.07) is 7.42. The van der Waals surface area contributed by atoms with Crippen LogP contribution in [0.4, 0.5) is 5.69 Å². The lowest BCUT2D eigenvalue weighted by Crippen LogP contribution is -2.48. The molecule has 1 aromatic heterocycles. The van der Waals surface area contributed by atoms with E-state index in [2.05, 4.69) is 54.2 Å². The molecular formula is C22H27ClN4O. The maximum absolute atomic E-state index is 12.1. The van der Waals surface area contributed by atoms with Crippen LogP contribution in [0.2, 0.25) is 5.02 Å². The van der Waals surface area contributed by atoms with Gasteiger partial charge in [0, 0.05) is 41.3 Å².